The molecule has 2 aliphatic rings. The Balaban J connectivity index is 1.54. The van der Waals surface area contributed by atoms with Crippen LogP contribution < -0.4 is 10.6 Å². The average molecular weight is 321 g/mol. The molecule has 0 aliphatic heterocycles. The molecule has 0 aromatic carbocycles. The van der Waals surface area contributed by atoms with E-state index in [1.165, 1.54) is 24.6 Å². The number of urea groups is 1. The third-order valence-corrected chi connectivity index (χ3v) is 4.48. The quantitative estimate of drug-likeness (QED) is 0.588. The minimum atomic E-state index is -0.507. The highest BCUT2D eigenvalue weighted by atomic mass is 32.2. The highest BCUT2D eigenvalue weighted by Gasteiger charge is 2.36. The summed E-state index contributed by atoms with van der Waals surface area (Å²) in [5.74, 6) is 1.41. The van der Waals surface area contributed by atoms with Gasteiger partial charge in [-0.1, -0.05) is 17.8 Å². The van der Waals surface area contributed by atoms with Crippen LogP contribution in [0.2, 0.25) is 0 Å². The third kappa shape index (κ3) is 3.68. The molecule has 0 saturated heterocycles. The molecule has 2 fully saturated rings. The Morgan fingerprint density at radius 1 is 1.32 bits per heavy atom. The Morgan fingerprint density at radius 2 is 2.09 bits per heavy atom. The van der Waals surface area contributed by atoms with Crippen LogP contribution in [0.3, 0.4) is 0 Å². The minimum absolute atomic E-state index is 0.150. The zero-order valence-electron chi connectivity index (χ0n) is 12.2. The number of thioether (sulfide) groups is 1. The largest absolute Gasteiger partial charge is 0.334 e. The van der Waals surface area contributed by atoms with Gasteiger partial charge in [-0.2, -0.15) is 0 Å². The van der Waals surface area contributed by atoms with Gasteiger partial charge in [-0.25, -0.2) is 4.79 Å². The van der Waals surface area contributed by atoms with Crippen LogP contribution in [0, 0.1) is 0 Å². The molecule has 3 amide bonds. The number of aromatic nitrogens is 3. The van der Waals surface area contributed by atoms with Crippen molar-refractivity contribution in [2.24, 2.45) is 0 Å². The number of carbonyl (C=O) groups is 2. The summed E-state index contributed by atoms with van der Waals surface area (Å²) in [6, 6.07) is -0.0140. The molecule has 22 heavy (non-hydrogen) atoms. The predicted molar refractivity (Wildman–Crippen MR) is 82.7 cm³/mol. The molecule has 2 aliphatic carbocycles. The van der Waals surface area contributed by atoms with Crippen molar-refractivity contribution < 1.29 is 9.59 Å². The van der Waals surface area contributed by atoms with E-state index in [2.05, 4.69) is 32.0 Å². The summed E-state index contributed by atoms with van der Waals surface area (Å²) in [5.41, 5.74) is 0. The van der Waals surface area contributed by atoms with Crippen molar-refractivity contribution in [2.45, 2.75) is 42.8 Å². The molecule has 1 aromatic rings. The lowest BCUT2D eigenvalue weighted by Gasteiger charge is -2.08. The molecule has 118 valence electrons. The smallest absolute Gasteiger partial charge is 0.321 e. The van der Waals surface area contributed by atoms with E-state index < -0.39 is 6.03 Å². The van der Waals surface area contributed by atoms with Gasteiger partial charge < -0.3 is 9.88 Å². The standard InChI is InChI=1S/C14H19N5O2S/c1-2-7-15-13(21)16-11(20)8-22-14-18-17-12(9-3-4-9)19(14)10-5-6-10/h2,9-10H,1,3-8H2,(H2,15,16,20,21). The highest BCUT2D eigenvalue weighted by molar-refractivity contribution is 7.99. The van der Waals surface area contributed by atoms with Crippen LogP contribution >= 0.6 is 11.8 Å². The third-order valence-electron chi connectivity index (χ3n) is 3.54. The van der Waals surface area contributed by atoms with Crippen LogP contribution in [-0.4, -0.2) is 39.0 Å². The second-order valence-electron chi connectivity index (χ2n) is 5.55. The molecular weight excluding hydrogens is 302 g/mol. The molecule has 0 radical (unpaired) electrons. The van der Waals surface area contributed by atoms with E-state index in [0.29, 0.717) is 18.5 Å². The summed E-state index contributed by atoms with van der Waals surface area (Å²) in [6.07, 6.45) is 6.22. The molecular formula is C14H19N5O2S. The van der Waals surface area contributed by atoms with Crippen molar-refractivity contribution in [2.75, 3.05) is 12.3 Å². The Morgan fingerprint density at radius 3 is 2.73 bits per heavy atom. The van der Waals surface area contributed by atoms with Crippen molar-refractivity contribution in [3.63, 3.8) is 0 Å². The molecule has 8 heteroatoms. The molecule has 1 heterocycles. The number of rotatable bonds is 7. The highest BCUT2D eigenvalue weighted by Crippen LogP contribution is 2.45. The van der Waals surface area contributed by atoms with Crippen molar-refractivity contribution in [3.8, 4) is 0 Å². The van der Waals surface area contributed by atoms with Crippen molar-refractivity contribution >= 4 is 23.7 Å². The van der Waals surface area contributed by atoms with Gasteiger partial charge in [-0.3, -0.25) is 10.1 Å². The molecule has 0 unspecified atom stereocenters. The van der Waals surface area contributed by atoms with Gasteiger partial charge in [-0.05, 0) is 25.7 Å². The Labute approximate surface area is 132 Å². The van der Waals surface area contributed by atoms with E-state index in [9.17, 15) is 9.59 Å². The second-order valence-corrected chi connectivity index (χ2v) is 6.49. The first kappa shape index (κ1) is 15.1. The first-order valence-electron chi connectivity index (χ1n) is 7.45. The summed E-state index contributed by atoms with van der Waals surface area (Å²) in [7, 11) is 0. The van der Waals surface area contributed by atoms with Crippen molar-refractivity contribution in [1.82, 2.24) is 25.4 Å². The van der Waals surface area contributed by atoms with Crippen LogP contribution in [0.4, 0.5) is 4.79 Å². The minimum Gasteiger partial charge on any atom is -0.334 e. The van der Waals surface area contributed by atoms with E-state index in [1.807, 2.05) is 0 Å². The molecule has 0 bridgehead atoms. The molecule has 0 atom stereocenters. The number of nitrogens with zero attached hydrogens (tertiary/aromatic N) is 3. The molecule has 2 saturated carbocycles. The van der Waals surface area contributed by atoms with Gasteiger partial charge in [0.25, 0.3) is 0 Å². The van der Waals surface area contributed by atoms with Crippen LogP contribution in [-0.2, 0) is 4.79 Å². The number of carbonyl (C=O) groups excluding carboxylic acids is 2. The average Bonchev–Trinajstić information content (AvgIpc) is 3.41. The van der Waals surface area contributed by atoms with E-state index in [-0.39, 0.29) is 11.7 Å². The summed E-state index contributed by atoms with van der Waals surface area (Å²) in [4.78, 5) is 23.1. The zero-order chi connectivity index (χ0) is 15.5. The monoisotopic (exact) mass is 321 g/mol. The number of amides is 3. The zero-order valence-corrected chi connectivity index (χ0v) is 13.1. The van der Waals surface area contributed by atoms with Crippen LogP contribution in [0.25, 0.3) is 0 Å². The molecule has 0 spiro atoms. The second kappa shape index (κ2) is 6.51. The summed E-state index contributed by atoms with van der Waals surface area (Å²) >= 11 is 1.33. The number of nitrogens with one attached hydrogen (secondary N) is 2. The number of hydrogen-bond acceptors (Lipinski definition) is 5. The van der Waals surface area contributed by atoms with Crippen molar-refractivity contribution in [3.05, 3.63) is 18.5 Å². The first-order chi connectivity index (χ1) is 10.7. The topological polar surface area (TPSA) is 88.9 Å². The summed E-state index contributed by atoms with van der Waals surface area (Å²) < 4.78 is 2.19. The normalized spacial score (nSPS) is 17.1. The van der Waals surface area contributed by atoms with E-state index >= 15 is 0 Å². The maximum absolute atomic E-state index is 11.8. The molecule has 2 N–H and O–H groups in total. The van der Waals surface area contributed by atoms with Crippen LogP contribution in [0.1, 0.15) is 43.5 Å². The maximum Gasteiger partial charge on any atom is 0.321 e. The summed E-state index contributed by atoms with van der Waals surface area (Å²) in [5, 5.41) is 14.1. The fraction of sp³-hybridized carbons (Fsp3) is 0.571. The summed E-state index contributed by atoms with van der Waals surface area (Å²) in [6.45, 7) is 3.82. The van der Waals surface area contributed by atoms with Gasteiger partial charge in [0.15, 0.2) is 5.16 Å². The Hall–Kier alpha value is -1.83. The van der Waals surface area contributed by atoms with E-state index in [1.54, 1.807) is 6.08 Å². The number of hydrogen-bond donors (Lipinski definition) is 2. The lowest BCUT2D eigenvalue weighted by molar-refractivity contribution is -0.117. The molecule has 1 aromatic heterocycles. The lowest BCUT2D eigenvalue weighted by atomic mass is 10.4. The lowest BCUT2D eigenvalue weighted by Crippen LogP contribution is -2.40. The van der Waals surface area contributed by atoms with Crippen LogP contribution in [0.15, 0.2) is 17.8 Å². The fourth-order valence-electron chi connectivity index (χ4n) is 2.18. The van der Waals surface area contributed by atoms with Gasteiger partial charge >= 0.3 is 6.03 Å². The maximum atomic E-state index is 11.8. The van der Waals surface area contributed by atoms with Crippen molar-refractivity contribution in [1.29, 1.82) is 0 Å². The Kier molecular flexibility index (Phi) is 4.47. The predicted octanol–water partition coefficient (Wildman–Crippen LogP) is 1.59. The van der Waals surface area contributed by atoms with Crippen LogP contribution in [0.5, 0.6) is 0 Å². The van der Waals surface area contributed by atoms with E-state index in [0.717, 1.165) is 23.8 Å². The van der Waals surface area contributed by atoms with Gasteiger partial charge in [0, 0.05) is 18.5 Å². The Bertz CT molecular complexity index is 592. The first-order valence-corrected chi connectivity index (χ1v) is 8.43. The SMILES string of the molecule is C=CCNC(=O)NC(=O)CSc1nnc(C2CC2)n1C1CC1. The van der Waals surface area contributed by atoms with Gasteiger partial charge in [-0.15, -0.1) is 16.8 Å². The van der Waals surface area contributed by atoms with E-state index in [4.69, 9.17) is 0 Å². The fourth-order valence-corrected chi connectivity index (χ4v) is 3.00. The number of imide groups is 1. The van der Waals surface area contributed by atoms with Gasteiger partial charge in [0.1, 0.15) is 5.82 Å². The molecule has 7 nitrogen and oxygen atoms in total. The van der Waals surface area contributed by atoms with Gasteiger partial charge in [0.2, 0.25) is 5.91 Å². The van der Waals surface area contributed by atoms with Gasteiger partial charge in [0.05, 0.1) is 5.75 Å². The molecule has 3 rings (SSSR count).